The van der Waals surface area contributed by atoms with Gasteiger partial charge in [-0.1, -0.05) is 6.92 Å². The molecule has 15 heavy (non-hydrogen) atoms. The Kier molecular flexibility index (Phi) is 6.64. The average molecular weight is 233 g/mol. The highest BCUT2D eigenvalue weighted by molar-refractivity contribution is 7.99. The Bertz CT molecular complexity index is 169. The predicted octanol–water partition coefficient (Wildman–Crippen LogP) is 1.52. The van der Waals surface area contributed by atoms with Crippen molar-refractivity contribution in [2.45, 2.75) is 37.2 Å². The van der Waals surface area contributed by atoms with Crippen molar-refractivity contribution < 1.29 is 9.47 Å². The fourth-order valence-electron chi connectivity index (χ4n) is 1.87. The third-order valence-corrected chi connectivity index (χ3v) is 4.28. The summed E-state index contributed by atoms with van der Waals surface area (Å²) in [6.07, 6.45) is 2.79. The van der Waals surface area contributed by atoms with Crippen LogP contribution >= 0.6 is 11.8 Å². The van der Waals surface area contributed by atoms with Crippen LogP contribution in [0.4, 0.5) is 0 Å². The van der Waals surface area contributed by atoms with Crippen molar-refractivity contribution in [1.29, 1.82) is 0 Å². The summed E-state index contributed by atoms with van der Waals surface area (Å²) in [5, 5.41) is 4.30. The summed E-state index contributed by atoms with van der Waals surface area (Å²) in [6, 6.07) is 0.637. The molecule has 0 amide bonds. The molecule has 0 aliphatic carbocycles. The smallest absolute Gasteiger partial charge is 0.0928 e. The van der Waals surface area contributed by atoms with Gasteiger partial charge in [-0.25, -0.2) is 0 Å². The number of methoxy groups -OCH3 is 2. The molecule has 0 bridgehead atoms. The first kappa shape index (κ1) is 13.3. The summed E-state index contributed by atoms with van der Waals surface area (Å²) in [4.78, 5) is 0. The van der Waals surface area contributed by atoms with E-state index in [-0.39, 0.29) is 6.10 Å². The van der Waals surface area contributed by atoms with Gasteiger partial charge in [-0.15, -0.1) is 0 Å². The number of nitrogens with one attached hydrogen (secondary N) is 1. The number of hydrogen-bond donors (Lipinski definition) is 1. The maximum Gasteiger partial charge on any atom is 0.0928 e. The van der Waals surface area contributed by atoms with Crippen LogP contribution in [0.2, 0.25) is 0 Å². The van der Waals surface area contributed by atoms with E-state index < -0.39 is 0 Å². The van der Waals surface area contributed by atoms with E-state index in [1.165, 1.54) is 18.6 Å². The molecule has 90 valence electrons. The number of ether oxygens (including phenoxy) is 2. The molecule has 1 N–H and O–H groups in total. The molecule has 4 heteroatoms. The zero-order valence-corrected chi connectivity index (χ0v) is 10.8. The van der Waals surface area contributed by atoms with Gasteiger partial charge >= 0.3 is 0 Å². The zero-order valence-electron chi connectivity index (χ0n) is 9.99. The molecule has 3 nitrogen and oxygen atoms in total. The third kappa shape index (κ3) is 4.72. The first-order chi connectivity index (χ1) is 7.27. The van der Waals surface area contributed by atoms with E-state index in [1.54, 1.807) is 14.2 Å². The molecule has 1 aliphatic rings. The van der Waals surface area contributed by atoms with Gasteiger partial charge in [0.2, 0.25) is 0 Å². The van der Waals surface area contributed by atoms with E-state index >= 15 is 0 Å². The molecule has 0 aromatic rings. The lowest BCUT2D eigenvalue weighted by atomic mass is 10.1. The molecule has 3 atom stereocenters. The molecular formula is C11H23NO2S. The van der Waals surface area contributed by atoms with E-state index in [1.807, 2.05) is 0 Å². The van der Waals surface area contributed by atoms with Crippen LogP contribution in [0.5, 0.6) is 0 Å². The molecular weight excluding hydrogens is 210 g/mol. The molecule has 0 radical (unpaired) electrons. The molecule has 0 aromatic carbocycles. The Balaban J connectivity index is 2.21. The van der Waals surface area contributed by atoms with Crippen LogP contribution in [0.15, 0.2) is 0 Å². The summed E-state index contributed by atoms with van der Waals surface area (Å²) in [5.74, 6) is 1.31. The summed E-state index contributed by atoms with van der Waals surface area (Å²) >= 11 is 2.06. The van der Waals surface area contributed by atoms with Crippen molar-refractivity contribution >= 4 is 11.8 Å². The summed E-state index contributed by atoms with van der Waals surface area (Å²) < 4.78 is 10.4. The summed E-state index contributed by atoms with van der Waals surface area (Å²) in [7, 11) is 3.45. The first-order valence-electron chi connectivity index (χ1n) is 5.64. The number of hydrogen-bond acceptors (Lipinski definition) is 4. The van der Waals surface area contributed by atoms with Crippen LogP contribution in [0.1, 0.15) is 19.8 Å². The lowest BCUT2D eigenvalue weighted by molar-refractivity contribution is 0.0271. The van der Waals surface area contributed by atoms with Crippen LogP contribution in [0, 0.1) is 0 Å². The van der Waals surface area contributed by atoms with Crippen molar-refractivity contribution in [2.24, 2.45) is 0 Å². The second kappa shape index (κ2) is 7.49. The minimum Gasteiger partial charge on any atom is -0.382 e. The van der Waals surface area contributed by atoms with Crippen LogP contribution in [0.25, 0.3) is 0 Å². The number of thioether (sulfide) groups is 1. The molecule has 1 saturated heterocycles. The molecule has 0 saturated carbocycles. The number of rotatable bonds is 6. The highest BCUT2D eigenvalue weighted by Gasteiger charge is 2.22. The summed E-state index contributed by atoms with van der Waals surface area (Å²) in [6.45, 7) is 3.86. The van der Waals surface area contributed by atoms with E-state index in [0.29, 0.717) is 12.6 Å². The van der Waals surface area contributed by atoms with E-state index in [2.05, 4.69) is 24.0 Å². The van der Waals surface area contributed by atoms with E-state index in [4.69, 9.17) is 9.47 Å². The SMILES string of the molecule is COCC(CNC1CCCSC1C)OC. The Morgan fingerprint density at radius 3 is 2.87 bits per heavy atom. The second-order valence-corrected chi connectivity index (χ2v) is 5.53. The Hall–Kier alpha value is 0.230. The Labute approximate surface area is 97.3 Å². The van der Waals surface area contributed by atoms with E-state index in [0.717, 1.165) is 11.8 Å². The van der Waals surface area contributed by atoms with Crippen LogP contribution in [-0.2, 0) is 9.47 Å². The van der Waals surface area contributed by atoms with Crippen molar-refractivity contribution in [3.8, 4) is 0 Å². The highest BCUT2D eigenvalue weighted by atomic mass is 32.2. The molecule has 1 fully saturated rings. The molecule has 0 spiro atoms. The van der Waals surface area contributed by atoms with Gasteiger partial charge in [-0.05, 0) is 18.6 Å². The Morgan fingerprint density at radius 1 is 1.47 bits per heavy atom. The van der Waals surface area contributed by atoms with Crippen molar-refractivity contribution in [2.75, 3.05) is 33.1 Å². The highest BCUT2D eigenvalue weighted by Crippen LogP contribution is 2.24. The van der Waals surface area contributed by atoms with Gasteiger partial charge in [0.25, 0.3) is 0 Å². The van der Waals surface area contributed by atoms with Gasteiger partial charge < -0.3 is 14.8 Å². The van der Waals surface area contributed by atoms with Crippen LogP contribution < -0.4 is 5.32 Å². The maximum absolute atomic E-state index is 5.32. The normalized spacial score (nSPS) is 29.0. The van der Waals surface area contributed by atoms with Gasteiger partial charge in [0, 0.05) is 32.1 Å². The minimum atomic E-state index is 0.175. The summed E-state index contributed by atoms with van der Waals surface area (Å²) in [5.41, 5.74) is 0. The quantitative estimate of drug-likeness (QED) is 0.753. The standard InChI is InChI=1S/C11H23NO2S/c1-9-11(5-4-6-15-9)12-7-10(14-3)8-13-2/h9-12H,4-8H2,1-3H3. The topological polar surface area (TPSA) is 30.5 Å². The predicted molar refractivity (Wildman–Crippen MR) is 65.6 cm³/mol. The molecule has 1 aliphatic heterocycles. The lowest BCUT2D eigenvalue weighted by Crippen LogP contribution is -2.44. The van der Waals surface area contributed by atoms with Crippen LogP contribution in [0.3, 0.4) is 0 Å². The zero-order chi connectivity index (χ0) is 11.1. The largest absolute Gasteiger partial charge is 0.382 e. The van der Waals surface area contributed by atoms with Crippen molar-refractivity contribution in [1.82, 2.24) is 5.32 Å². The van der Waals surface area contributed by atoms with Gasteiger partial charge in [0.15, 0.2) is 0 Å². The maximum atomic E-state index is 5.32. The average Bonchev–Trinajstić information content (AvgIpc) is 2.26. The van der Waals surface area contributed by atoms with Gasteiger partial charge in [-0.2, -0.15) is 11.8 Å². The van der Waals surface area contributed by atoms with Crippen molar-refractivity contribution in [3.05, 3.63) is 0 Å². The molecule has 3 unspecified atom stereocenters. The van der Waals surface area contributed by atoms with E-state index in [9.17, 15) is 0 Å². The minimum absolute atomic E-state index is 0.175. The first-order valence-corrected chi connectivity index (χ1v) is 6.69. The second-order valence-electron chi connectivity index (χ2n) is 4.05. The fourth-order valence-corrected chi connectivity index (χ4v) is 3.04. The fraction of sp³-hybridized carbons (Fsp3) is 1.00. The van der Waals surface area contributed by atoms with Crippen molar-refractivity contribution in [3.63, 3.8) is 0 Å². The molecule has 0 aromatic heterocycles. The van der Waals surface area contributed by atoms with Crippen LogP contribution in [-0.4, -0.2) is 50.5 Å². The lowest BCUT2D eigenvalue weighted by Gasteiger charge is -2.30. The Morgan fingerprint density at radius 2 is 2.27 bits per heavy atom. The monoisotopic (exact) mass is 233 g/mol. The van der Waals surface area contributed by atoms with Gasteiger partial charge in [0.05, 0.1) is 12.7 Å². The molecule has 1 rings (SSSR count). The molecule has 1 heterocycles. The van der Waals surface area contributed by atoms with Gasteiger partial charge in [0.1, 0.15) is 0 Å². The third-order valence-electron chi connectivity index (χ3n) is 2.90. The van der Waals surface area contributed by atoms with Gasteiger partial charge in [-0.3, -0.25) is 0 Å².